The SMILES string of the molecule is C=C(CCS(=O)CC)C(C)(C)O. The van der Waals surface area contributed by atoms with E-state index < -0.39 is 16.4 Å². The lowest BCUT2D eigenvalue weighted by atomic mass is 9.98. The molecule has 1 N–H and O–H groups in total. The van der Waals surface area contributed by atoms with Crippen LogP contribution < -0.4 is 0 Å². The molecule has 72 valence electrons. The third kappa shape index (κ3) is 4.67. The highest BCUT2D eigenvalue weighted by atomic mass is 32.2. The Bertz CT molecular complexity index is 179. The van der Waals surface area contributed by atoms with Crippen LogP contribution in [0.4, 0.5) is 0 Å². The van der Waals surface area contributed by atoms with Crippen LogP contribution in [-0.2, 0) is 10.8 Å². The van der Waals surface area contributed by atoms with Gasteiger partial charge in [0, 0.05) is 22.3 Å². The maximum Gasteiger partial charge on any atom is 0.0798 e. The van der Waals surface area contributed by atoms with Crippen LogP contribution in [0.1, 0.15) is 27.2 Å². The van der Waals surface area contributed by atoms with Gasteiger partial charge in [0.15, 0.2) is 0 Å². The molecule has 0 bridgehead atoms. The van der Waals surface area contributed by atoms with Crippen molar-refractivity contribution in [1.29, 1.82) is 0 Å². The second-order valence-corrected chi connectivity index (χ2v) is 5.21. The van der Waals surface area contributed by atoms with E-state index in [0.717, 1.165) is 5.57 Å². The summed E-state index contributed by atoms with van der Waals surface area (Å²) in [7, 11) is -0.754. The van der Waals surface area contributed by atoms with Crippen molar-refractivity contribution in [2.75, 3.05) is 11.5 Å². The van der Waals surface area contributed by atoms with Gasteiger partial charge in [-0.05, 0) is 25.8 Å². The quantitative estimate of drug-likeness (QED) is 0.667. The highest BCUT2D eigenvalue weighted by Gasteiger charge is 2.16. The van der Waals surface area contributed by atoms with Gasteiger partial charge in [-0.25, -0.2) is 0 Å². The fourth-order valence-corrected chi connectivity index (χ4v) is 1.45. The van der Waals surface area contributed by atoms with Crippen LogP contribution in [0.2, 0.25) is 0 Å². The fourth-order valence-electron chi connectivity index (χ4n) is 0.687. The van der Waals surface area contributed by atoms with Crippen molar-refractivity contribution in [3.8, 4) is 0 Å². The normalized spacial score (nSPS) is 14.3. The Kier molecular flexibility index (Phi) is 4.71. The first-order valence-electron chi connectivity index (χ1n) is 4.13. The summed E-state index contributed by atoms with van der Waals surface area (Å²) in [4.78, 5) is 0. The van der Waals surface area contributed by atoms with E-state index in [1.807, 2.05) is 6.92 Å². The molecule has 3 heteroatoms. The molecule has 2 nitrogen and oxygen atoms in total. The molecule has 0 fully saturated rings. The van der Waals surface area contributed by atoms with Gasteiger partial charge < -0.3 is 5.11 Å². The second-order valence-electron chi connectivity index (χ2n) is 3.35. The first-order valence-corrected chi connectivity index (χ1v) is 5.62. The predicted octanol–water partition coefficient (Wildman–Crippen LogP) is 1.47. The van der Waals surface area contributed by atoms with Crippen molar-refractivity contribution in [1.82, 2.24) is 0 Å². The summed E-state index contributed by atoms with van der Waals surface area (Å²) >= 11 is 0. The van der Waals surface area contributed by atoms with E-state index in [0.29, 0.717) is 17.9 Å². The van der Waals surface area contributed by atoms with Crippen LogP contribution in [0.5, 0.6) is 0 Å². The molecular weight excluding hydrogens is 172 g/mol. The summed E-state index contributed by atoms with van der Waals surface area (Å²) in [6, 6.07) is 0. The van der Waals surface area contributed by atoms with Gasteiger partial charge in [0.05, 0.1) is 5.60 Å². The molecule has 0 aromatic heterocycles. The Morgan fingerprint density at radius 1 is 1.58 bits per heavy atom. The van der Waals surface area contributed by atoms with E-state index in [9.17, 15) is 9.32 Å². The molecule has 0 aliphatic carbocycles. The Labute approximate surface area is 77.1 Å². The molecule has 1 unspecified atom stereocenters. The van der Waals surface area contributed by atoms with E-state index in [1.165, 1.54) is 0 Å². The molecule has 0 aliphatic heterocycles. The minimum atomic E-state index is -0.835. The monoisotopic (exact) mass is 190 g/mol. The Morgan fingerprint density at radius 3 is 2.42 bits per heavy atom. The second kappa shape index (κ2) is 4.77. The summed E-state index contributed by atoms with van der Waals surface area (Å²) in [5.74, 6) is 1.29. The molecule has 12 heavy (non-hydrogen) atoms. The summed E-state index contributed by atoms with van der Waals surface area (Å²) in [6.45, 7) is 9.04. The predicted molar refractivity (Wildman–Crippen MR) is 53.6 cm³/mol. The fraction of sp³-hybridized carbons (Fsp3) is 0.778. The van der Waals surface area contributed by atoms with E-state index in [2.05, 4.69) is 6.58 Å². The Hall–Kier alpha value is -0.150. The minimum Gasteiger partial charge on any atom is -0.386 e. The summed E-state index contributed by atoms with van der Waals surface area (Å²) in [6.07, 6.45) is 0.643. The van der Waals surface area contributed by atoms with Gasteiger partial charge in [0.2, 0.25) is 0 Å². The lowest BCUT2D eigenvalue weighted by Crippen LogP contribution is -2.22. The molecule has 0 heterocycles. The highest BCUT2D eigenvalue weighted by molar-refractivity contribution is 7.84. The molecular formula is C9H18O2S. The third-order valence-electron chi connectivity index (χ3n) is 1.82. The van der Waals surface area contributed by atoms with Crippen molar-refractivity contribution in [2.45, 2.75) is 32.8 Å². The number of hydrogen-bond acceptors (Lipinski definition) is 2. The van der Waals surface area contributed by atoms with Gasteiger partial charge in [-0.3, -0.25) is 4.21 Å². The molecule has 0 rings (SSSR count). The van der Waals surface area contributed by atoms with Crippen molar-refractivity contribution in [2.24, 2.45) is 0 Å². The molecule has 0 aromatic carbocycles. The van der Waals surface area contributed by atoms with Crippen LogP contribution in [0, 0.1) is 0 Å². The van der Waals surface area contributed by atoms with Crippen LogP contribution in [0.25, 0.3) is 0 Å². The topological polar surface area (TPSA) is 37.3 Å². The zero-order valence-electron chi connectivity index (χ0n) is 8.09. The van der Waals surface area contributed by atoms with E-state index in [4.69, 9.17) is 0 Å². The van der Waals surface area contributed by atoms with Crippen molar-refractivity contribution in [3.63, 3.8) is 0 Å². The van der Waals surface area contributed by atoms with Crippen LogP contribution in [0.15, 0.2) is 12.2 Å². The van der Waals surface area contributed by atoms with Gasteiger partial charge in [0.25, 0.3) is 0 Å². The van der Waals surface area contributed by atoms with Crippen molar-refractivity contribution in [3.05, 3.63) is 12.2 Å². The molecule has 0 saturated carbocycles. The first kappa shape index (κ1) is 11.8. The molecule has 0 saturated heterocycles. The van der Waals surface area contributed by atoms with E-state index in [1.54, 1.807) is 13.8 Å². The number of aliphatic hydroxyl groups is 1. The third-order valence-corrected chi connectivity index (χ3v) is 3.12. The maximum atomic E-state index is 11.0. The molecule has 0 spiro atoms. The largest absolute Gasteiger partial charge is 0.386 e. The first-order chi connectivity index (χ1) is 5.38. The van der Waals surface area contributed by atoms with E-state index >= 15 is 0 Å². The molecule has 0 aromatic rings. The van der Waals surface area contributed by atoms with Crippen molar-refractivity contribution < 1.29 is 9.32 Å². The lowest BCUT2D eigenvalue weighted by molar-refractivity contribution is 0.117. The average Bonchev–Trinajstić information content (AvgIpc) is 1.97. The van der Waals surface area contributed by atoms with Crippen LogP contribution >= 0.6 is 0 Å². The minimum absolute atomic E-state index is 0.610. The molecule has 0 radical (unpaired) electrons. The standard InChI is InChI=1S/C9H18O2S/c1-5-12(11)7-6-8(2)9(3,4)10/h10H,2,5-7H2,1,3-4H3. The van der Waals surface area contributed by atoms with Crippen LogP contribution in [0.3, 0.4) is 0 Å². The highest BCUT2D eigenvalue weighted by Crippen LogP contribution is 2.16. The lowest BCUT2D eigenvalue weighted by Gasteiger charge is -2.19. The summed E-state index contributed by atoms with van der Waals surface area (Å²) in [5, 5.41) is 9.47. The van der Waals surface area contributed by atoms with Gasteiger partial charge in [-0.1, -0.05) is 13.5 Å². The average molecular weight is 190 g/mol. The smallest absolute Gasteiger partial charge is 0.0798 e. The van der Waals surface area contributed by atoms with Crippen LogP contribution in [-0.4, -0.2) is 26.4 Å². The summed E-state index contributed by atoms with van der Waals surface area (Å²) in [5.41, 5.74) is -0.0814. The zero-order valence-corrected chi connectivity index (χ0v) is 8.91. The molecule has 1 atom stereocenters. The van der Waals surface area contributed by atoms with Gasteiger partial charge >= 0.3 is 0 Å². The number of hydrogen-bond donors (Lipinski definition) is 1. The molecule has 0 aliphatic rings. The van der Waals surface area contributed by atoms with Gasteiger partial charge in [-0.2, -0.15) is 0 Å². The summed E-state index contributed by atoms with van der Waals surface area (Å²) < 4.78 is 11.0. The van der Waals surface area contributed by atoms with Gasteiger partial charge in [-0.15, -0.1) is 0 Å². The Morgan fingerprint density at radius 2 is 2.08 bits per heavy atom. The van der Waals surface area contributed by atoms with E-state index in [-0.39, 0.29) is 0 Å². The molecule has 0 amide bonds. The van der Waals surface area contributed by atoms with Crippen molar-refractivity contribution >= 4 is 10.8 Å². The van der Waals surface area contributed by atoms with Gasteiger partial charge in [0.1, 0.15) is 0 Å². The maximum absolute atomic E-state index is 11.0. The zero-order chi connectivity index (χ0) is 9.78. The number of rotatable bonds is 5. The Balaban J connectivity index is 3.81.